The van der Waals surface area contributed by atoms with Crippen molar-refractivity contribution in [2.45, 2.75) is 13.5 Å². The Bertz CT molecular complexity index is 1200. The van der Waals surface area contributed by atoms with Gasteiger partial charge in [0, 0.05) is 11.2 Å². The van der Waals surface area contributed by atoms with Gasteiger partial charge in [0.05, 0.1) is 22.5 Å². The molecule has 2 heterocycles. The summed E-state index contributed by atoms with van der Waals surface area (Å²) < 4.78 is 20.2. The smallest absolute Gasteiger partial charge is 0.267 e. The monoisotopic (exact) mass is 441 g/mol. The lowest BCUT2D eigenvalue weighted by molar-refractivity contribution is -0.120. The molecule has 0 bridgehead atoms. The number of ether oxygens (including phenoxy) is 1. The number of pyridine rings is 1. The minimum absolute atomic E-state index is 0.0237. The third-order valence-electron chi connectivity index (χ3n) is 4.40. The summed E-state index contributed by atoms with van der Waals surface area (Å²) in [5, 5.41) is 1.11. The number of hydrogen-bond donors (Lipinski definition) is 0. The lowest BCUT2D eigenvalue weighted by Crippen LogP contribution is -2.34. The van der Waals surface area contributed by atoms with Crippen LogP contribution in [0.15, 0.2) is 60.8 Å². The topological polar surface area (TPSA) is 55.3 Å². The fourth-order valence-electron chi connectivity index (χ4n) is 2.95. The summed E-state index contributed by atoms with van der Waals surface area (Å²) in [6.07, 6.45) is 1.66. The maximum absolute atomic E-state index is 13.9. The Morgan fingerprint density at radius 1 is 1.20 bits per heavy atom. The van der Waals surface area contributed by atoms with Gasteiger partial charge in [0.15, 0.2) is 23.3 Å². The molecule has 5 nitrogen and oxygen atoms in total. The van der Waals surface area contributed by atoms with Gasteiger partial charge in [0.25, 0.3) is 5.91 Å². The minimum atomic E-state index is -0.521. The van der Waals surface area contributed by atoms with Crippen LogP contribution in [0, 0.1) is 12.7 Å². The number of thiazole rings is 1. The van der Waals surface area contributed by atoms with E-state index in [9.17, 15) is 9.18 Å². The van der Waals surface area contributed by atoms with E-state index < -0.39 is 5.82 Å². The normalized spacial score (nSPS) is 10.9. The molecule has 0 spiro atoms. The maximum atomic E-state index is 13.9. The van der Waals surface area contributed by atoms with Gasteiger partial charge in [0.2, 0.25) is 0 Å². The average molecular weight is 442 g/mol. The van der Waals surface area contributed by atoms with Crippen LogP contribution in [-0.2, 0) is 11.3 Å². The zero-order valence-corrected chi connectivity index (χ0v) is 17.6. The predicted molar refractivity (Wildman–Crippen MR) is 117 cm³/mol. The third kappa shape index (κ3) is 4.42. The van der Waals surface area contributed by atoms with Crippen molar-refractivity contribution in [3.8, 4) is 5.75 Å². The zero-order valence-electron chi connectivity index (χ0n) is 16.0. The molecule has 1 amide bonds. The summed E-state index contributed by atoms with van der Waals surface area (Å²) in [6.45, 7) is 1.81. The SMILES string of the molecule is Cc1cc(Cl)cc2sc(N(Cc3ccccn3)C(=O)COc3ccccc3F)nc12. The Morgan fingerprint density at radius 3 is 2.77 bits per heavy atom. The molecular formula is C22H17ClFN3O2S. The largest absolute Gasteiger partial charge is 0.481 e. The summed E-state index contributed by atoms with van der Waals surface area (Å²) in [5.41, 5.74) is 2.41. The van der Waals surface area contributed by atoms with Gasteiger partial charge in [-0.3, -0.25) is 14.7 Å². The van der Waals surface area contributed by atoms with E-state index in [1.54, 1.807) is 24.4 Å². The van der Waals surface area contributed by atoms with Crippen LogP contribution in [0.2, 0.25) is 5.02 Å². The fraction of sp³-hybridized carbons (Fsp3) is 0.136. The molecule has 0 unspecified atom stereocenters. The molecule has 0 fully saturated rings. The van der Waals surface area contributed by atoms with Crippen LogP contribution in [-0.4, -0.2) is 22.5 Å². The second kappa shape index (κ2) is 8.77. The quantitative estimate of drug-likeness (QED) is 0.401. The molecule has 0 aliphatic carbocycles. The minimum Gasteiger partial charge on any atom is -0.481 e. The standard InChI is InChI=1S/C22H17ClFN3O2S/c1-14-10-15(23)11-19-21(14)26-22(30-19)27(12-16-6-4-5-9-25-16)20(28)13-29-18-8-3-2-7-17(18)24/h2-11H,12-13H2,1H3. The van der Waals surface area contributed by atoms with E-state index in [0.29, 0.717) is 15.8 Å². The van der Waals surface area contributed by atoms with E-state index >= 15 is 0 Å². The number of carbonyl (C=O) groups excluding carboxylic acids is 1. The molecular weight excluding hydrogens is 425 g/mol. The van der Waals surface area contributed by atoms with Crippen LogP contribution in [0.5, 0.6) is 5.75 Å². The number of benzene rings is 2. The third-order valence-corrected chi connectivity index (χ3v) is 5.65. The second-order valence-electron chi connectivity index (χ2n) is 6.59. The molecule has 0 saturated heterocycles. The van der Waals surface area contributed by atoms with Crippen molar-refractivity contribution in [3.63, 3.8) is 0 Å². The molecule has 152 valence electrons. The summed E-state index contributed by atoms with van der Waals surface area (Å²) in [6, 6.07) is 15.1. The molecule has 0 radical (unpaired) electrons. The molecule has 4 rings (SSSR count). The number of anilines is 1. The van der Waals surface area contributed by atoms with Gasteiger partial charge in [-0.25, -0.2) is 9.37 Å². The number of hydrogen-bond acceptors (Lipinski definition) is 5. The fourth-order valence-corrected chi connectivity index (χ4v) is 4.39. The molecule has 0 aliphatic heterocycles. The molecule has 30 heavy (non-hydrogen) atoms. The van der Waals surface area contributed by atoms with Crippen LogP contribution in [0.1, 0.15) is 11.3 Å². The number of aromatic nitrogens is 2. The molecule has 0 N–H and O–H groups in total. The number of aryl methyl sites for hydroxylation is 1. The van der Waals surface area contributed by atoms with Gasteiger partial charge in [-0.05, 0) is 48.9 Å². The van der Waals surface area contributed by atoms with E-state index in [1.165, 1.54) is 28.4 Å². The molecule has 8 heteroatoms. The highest BCUT2D eigenvalue weighted by Crippen LogP contribution is 2.33. The van der Waals surface area contributed by atoms with E-state index in [4.69, 9.17) is 16.3 Å². The van der Waals surface area contributed by atoms with Crippen LogP contribution in [0.25, 0.3) is 10.2 Å². The van der Waals surface area contributed by atoms with E-state index in [2.05, 4.69) is 9.97 Å². The summed E-state index contributed by atoms with van der Waals surface area (Å²) in [5.74, 6) is -0.853. The van der Waals surface area contributed by atoms with E-state index in [1.807, 2.05) is 31.2 Å². The number of halogens is 2. The van der Waals surface area contributed by atoms with Crippen LogP contribution >= 0.6 is 22.9 Å². The molecule has 4 aromatic rings. The van der Waals surface area contributed by atoms with E-state index in [-0.39, 0.29) is 24.8 Å². The average Bonchev–Trinajstić information content (AvgIpc) is 3.16. The van der Waals surface area contributed by atoms with Gasteiger partial charge in [-0.1, -0.05) is 41.1 Å². The number of rotatable bonds is 6. The number of amides is 1. The Hall–Kier alpha value is -3.03. The Balaban J connectivity index is 1.65. The first-order chi connectivity index (χ1) is 14.5. The first kappa shape index (κ1) is 20.3. The van der Waals surface area contributed by atoms with Crippen molar-refractivity contribution in [1.82, 2.24) is 9.97 Å². The highest BCUT2D eigenvalue weighted by atomic mass is 35.5. The number of fused-ring (bicyclic) bond motifs is 1. The summed E-state index contributed by atoms with van der Waals surface area (Å²) in [4.78, 5) is 23.5. The van der Waals surface area contributed by atoms with Crippen LogP contribution in [0.3, 0.4) is 0 Å². The summed E-state index contributed by atoms with van der Waals surface area (Å²) in [7, 11) is 0. The van der Waals surface area contributed by atoms with Gasteiger partial charge < -0.3 is 4.74 Å². The highest BCUT2D eigenvalue weighted by Gasteiger charge is 2.22. The van der Waals surface area contributed by atoms with Crippen molar-refractivity contribution in [1.29, 1.82) is 0 Å². The number of carbonyl (C=O) groups is 1. The Kier molecular flexibility index (Phi) is 5.92. The Morgan fingerprint density at radius 2 is 2.00 bits per heavy atom. The van der Waals surface area contributed by atoms with Crippen LogP contribution < -0.4 is 9.64 Å². The summed E-state index contributed by atoms with van der Waals surface area (Å²) >= 11 is 7.53. The Labute approximate surface area is 181 Å². The van der Waals surface area contributed by atoms with Crippen molar-refractivity contribution in [2.75, 3.05) is 11.5 Å². The van der Waals surface area contributed by atoms with Gasteiger partial charge in [-0.2, -0.15) is 0 Å². The number of para-hydroxylation sites is 1. The molecule has 2 aromatic carbocycles. The van der Waals surface area contributed by atoms with Crippen molar-refractivity contribution < 1.29 is 13.9 Å². The lowest BCUT2D eigenvalue weighted by Gasteiger charge is -2.19. The van der Waals surface area contributed by atoms with E-state index in [0.717, 1.165) is 15.8 Å². The maximum Gasteiger partial charge on any atom is 0.267 e. The number of nitrogens with zero attached hydrogens (tertiary/aromatic N) is 3. The van der Waals surface area contributed by atoms with Gasteiger partial charge in [-0.15, -0.1) is 0 Å². The first-order valence-electron chi connectivity index (χ1n) is 9.15. The van der Waals surface area contributed by atoms with Crippen molar-refractivity contribution in [2.24, 2.45) is 0 Å². The molecule has 0 aliphatic rings. The van der Waals surface area contributed by atoms with Crippen LogP contribution in [0.4, 0.5) is 9.52 Å². The van der Waals surface area contributed by atoms with Crippen molar-refractivity contribution in [3.05, 3.63) is 82.9 Å². The molecule has 2 aromatic heterocycles. The van der Waals surface area contributed by atoms with Gasteiger partial charge >= 0.3 is 0 Å². The highest BCUT2D eigenvalue weighted by molar-refractivity contribution is 7.22. The predicted octanol–water partition coefficient (Wildman–Crippen LogP) is 5.40. The molecule has 0 saturated carbocycles. The first-order valence-corrected chi connectivity index (χ1v) is 10.3. The lowest BCUT2D eigenvalue weighted by atomic mass is 10.2. The second-order valence-corrected chi connectivity index (χ2v) is 8.03. The molecule has 0 atom stereocenters. The zero-order chi connectivity index (χ0) is 21.1. The van der Waals surface area contributed by atoms with Crippen molar-refractivity contribution >= 4 is 44.2 Å². The van der Waals surface area contributed by atoms with Gasteiger partial charge in [0.1, 0.15) is 0 Å².